The molecule has 2 nitrogen and oxygen atoms in total. The van der Waals surface area contributed by atoms with Crippen LogP contribution in [0.4, 0.5) is 0 Å². The largest absolute Gasteiger partial charge is 0.300 e. The van der Waals surface area contributed by atoms with Crippen molar-refractivity contribution in [3.05, 3.63) is 0 Å². The zero-order valence-electron chi connectivity index (χ0n) is 9.17. The molecular formula is C12H18O2. The molecule has 78 valence electrons. The van der Waals surface area contributed by atoms with E-state index < -0.39 is 0 Å². The van der Waals surface area contributed by atoms with E-state index in [4.69, 9.17) is 0 Å². The molecule has 0 amide bonds. The van der Waals surface area contributed by atoms with Crippen molar-refractivity contribution in [3.8, 4) is 0 Å². The monoisotopic (exact) mass is 194 g/mol. The molecule has 0 radical (unpaired) electrons. The number of carbonyl (C=O) groups is 2. The first-order chi connectivity index (χ1) is 6.42. The van der Waals surface area contributed by atoms with Gasteiger partial charge in [0.15, 0.2) is 0 Å². The first kappa shape index (κ1) is 9.88. The number of ketones is 2. The average molecular weight is 194 g/mol. The van der Waals surface area contributed by atoms with Crippen molar-refractivity contribution in [1.82, 2.24) is 0 Å². The van der Waals surface area contributed by atoms with Crippen LogP contribution >= 0.6 is 0 Å². The second-order valence-electron chi connectivity index (χ2n) is 5.62. The summed E-state index contributed by atoms with van der Waals surface area (Å²) in [5.41, 5.74) is 0.188. The Balaban J connectivity index is 2.30. The number of hydrogen-bond donors (Lipinski definition) is 0. The van der Waals surface area contributed by atoms with E-state index >= 15 is 0 Å². The first-order valence-corrected chi connectivity index (χ1v) is 5.45. The Morgan fingerprint density at radius 1 is 1.43 bits per heavy atom. The van der Waals surface area contributed by atoms with E-state index in [0.29, 0.717) is 18.1 Å². The van der Waals surface area contributed by atoms with Crippen LogP contribution in [0.25, 0.3) is 0 Å². The lowest BCUT2D eigenvalue weighted by molar-refractivity contribution is -0.145. The summed E-state index contributed by atoms with van der Waals surface area (Å²) in [5, 5.41) is 0. The van der Waals surface area contributed by atoms with Crippen molar-refractivity contribution in [1.29, 1.82) is 0 Å². The van der Waals surface area contributed by atoms with Crippen LogP contribution < -0.4 is 0 Å². The van der Waals surface area contributed by atoms with Crippen LogP contribution in [0.3, 0.4) is 0 Å². The van der Waals surface area contributed by atoms with E-state index in [1.807, 2.05) is 0 Å². The molecule has 0 N–H and O–H groups in total. The highest BCUT2D eigenvalue weighted by atomic mass is 16.1. The molecule has 2 bridgehead atoms. The molecule has 3 saturated carbocycles. The zero-order chi connectivity index (χ0) is 10.5. The second-order valence-corrected chi connectivity index (χ2v) is 5.62. The summed E-state index contributed by atoms with van der Waals surface area (Å²) in [6.07, 6.45) is 2.45. The highest BCUT2D eigenvalue weighted by Crippen LogP contribution is 2.53. The number of carbonyl (C=O) groups excluding carboxylic acids is 2. The SMILES string of the molecule is CC(=O)[C@H]1C[C@H]2CC(C)(C)[C@H]1CC2=O. The topological polar surface area (TPSA) is 34.1 Å². The van der Waals surface area contributed by atoms with Gasteiger partial charge in [-0.15, -0.1) is 0 Å². The molecule has 0 aliphatic heterocycles. The van der Waals surface area contributed by atoms with Crippen LogP contribution in [0.5, 0.6) is 0 Å². The van der Waals surface area contributed by atoms with Crippen molar-refractivity contribution < 1.29 is 9.59 Å². The van der Waals surface area contributed by atoms with Gasteiger partial charge < -0.3 is 0 Å². The molecule has 0 aromatic carbocycles. The maximum absolute atomic E-state index is 11.6. The molecule has 2 heteroatoms. The lowest BCUT2D eigenvalue weighted by Crippen LogP contribution is -2.50. The quantitative estimate of drug-likeness (QED) is 0.641. The third-order valence-corrected chi connectivity index (χ3v) is 4.20. The van der Waals surface area contributed by atoms with Crippen molar-refractivity contribution in [2.75, 3.05) is 0 Å². The normalized spacial score (nSPS) is 39.9. The maximum Gasteiger partial charge on any atom is 0.136 e. The van der Waals surface area contributed by atoms with Gasteiger partial charge in [-0.05, 0) is 31.1 Å². The Morgan fingerprint density at radius 2 is 2.07 bits per heavy atom. The Labute approximate surface area is 85.1 Å². The minimum absolute atomic E-state index is 0.154. The van der Waals surface area contributed by atoms with Crippen LogP contribution in [0.1, 0.15) is 40.0 Å². The fourth-order valence-corrected chi connectivity index (χ4v) is 3.38. The first-order valence-electron chi connectivity index (χ1n) is 5.45. The van der Waals surface area contributed by atoms with Gasteiger partial charge in [-0.2, -0.15) is 0 Å². The number of Topliss-reactive ketones (excluding diaryl/α,β-unsaturated/α-hetero) is 2. The van der Waals surface area contributed by atoms with Crippen molar-refractivity contribution in [2.24, 2.45) is 23.2 Å². The molecule has 3 atom stereocenters. The Hall–Kier alpha value is -0.660. The van der Waals surface area contributed by atoms with Gasteiger partial charge in [0.25, 0.3) is 0 Å². The summed E-state index contributed by atoms with van der Waals surface area (Å²) in [6.45, 7) is 6.07. The predicted octanol–water partition coefficient (Wildman–Crippen LogP) is 2.22. The van der Waals surface area contributed by atoms with Crippen LogP contribution in [-0.2, 0) is 9.59 Å². The minimum Gasteiger partial charge on any atom is -0.300 e. The standard InChI is InChI=1S/C12H18O2/c1-7(13)9-4-8-6-12(2,3)10(9)5-11(8)14/h8-10H,4-6H2,1-3H3/t8-,9+,10-/m0/s1. The summed E-state index contributed by atoms with van der Waals surface area (Å²) in [7, 11) is 0. The van der Waals surface area contributed by atoms with Gasteiger partial charge in [0.1, 0.15) is 11.6 Å². The molecule has 0 saturated heterocycles. The van der Waals surface area contributed by atoms with Crippen molar-refractivity contribution >= 4 is 11.6 Å². The maximum atomic E-state index is 11.6. The van der Waals surface area contributed by atoms with Gasteiger partial charge in [0.2, 0.25) is 0 Å². The molecular weight excluding hydrogens is 176 g/mol. The Kier molecular flexibility index (Phi) is 2.06. The highest BCUT2D eigenvalue weighted by molar-refractivity contribution is 5.87. The van der Waals surface area contributed by atoms with E-state index in [1.165, 1.54) is 0 Å². The number of fused-ring (bicyclic) bond motifs is 3. The van der Waals surface area contributed by atoms with E-state index in [-0.39, 0.29) is 23.0 Å². The van der Waals surface area contributed by atoms with Gasteiger partial charge in [-0.3, -0.25) is 9.59 Å². The predicted molar refractivity (Wildman–Crippen MR) is 53.8 cm³/mol. The number of rotatable bonds is 1. The average Bonchev–Trinajstić information content (AvgIpc) is 2.05. The van der Waals surface area contributed by atoms with Gasteiger partial charge >= 0.3 is 0 Å². The lowest BCUT2D eigenvalue weighted by atomic mass is 9.52. The third-order valence-electron chi connectivity index (χ3n) is 4.20. The molecule has 3 rings (SSSR count). The summed E-state index contributed by atoms with van der Waals surface area (Å²) in [4.78, 5) is 23.1. The summed E-state index contributed by atoms with van der Waals surface area (Å²) < 4.78 is 0. The molecule has 3 fully saturated rings. The fourth-order valence-electron chi connectivity index (χ4n) is 3.38. The van der Waals surface area contributed by atoms with Gasteiger partial charge in [0.05, 0.1) is 0 Å². The van der Waals surface area contributed by atoms with Gasteiger partial charge in [-0.1, -0.05) is 13.8 Å². The zero-order valence-corrected chi connectivity index (χ0v) is 9.17. The molecule has 0 aromatic heterocycles. The molecule has 0 aromatic rings. The molecule has 3 aliphatic carbocycles. The van der Waals surface area contributed by atoms with Crippen LogP contribution in [0.2, 0.25) is 0 Å². The Bertz CT molecular complexity index is 291. The highest BCUT2D eigenvalue weighted by Gasteiger charge is 2.51. The number of hydrogen-bond acceptors (Lipinski definition) is 2. The summed E-state index contributed by atoms with van der Waals surface area (Å²) in [5.74, 6) is 1.30. The van der Waals surface area contributed by atoms with Gasteiger partial charge in [0, 0.05) is 18.3 Å². The molecule has 0 heterocycles. The minimum atomic E-state index is 0.154. The van der Waals surface area contributed by atoms with Crippen LogP contribution in [-0.4, -0.2) is 11.6 Å². The molecule has 0 spiro atoms. The molecule has 3 aliphatic rings. The second kappa shape index (κ2) is 2.91. The van der Waals surface area contributed by atoms with Crippen LogP contribution in [0.15, 0.2) is 0 Å². The molecule has 0 unspecified atom stereocenters. The third kappa shape index (κ3) is 1.32. The summed E-state index contributed by atoms with van der Waals surface area (Å²) in [6, 6.07) is 0. The van der Waals surface area contributed by atoms with E-state index in [1.54, 1.807) is 6.92 Å². The Morgan fingerprint density at radius 3 is 2.57 bits per heavy atom. The van der Waals surface area contributed by atoms with Crippen molar-refractivity contribution in [2.45, 2.75) is 40.0 Å². The van der Waals surface area contributed by atoms with E-state index in [0.717, 1.165) is 12.8 Å². The van der Waals surface area contributed by atoms with Crippen molar-refractivity contribution in [3.63, 3.8) is 0 Å². The van der Waals surface area contributed by atoms with E-state index in [9.17, 15) is 9.59 Å². The lowest BCUT2D eigenvalue weighted by Gasteiger charge is -2.50. The molecule has 14 heavy (non-hydrogen) atoms. The van der Waals surface area contributed by atoms with Crippen LogP contribution in [0, 0.1) is 23.2 Å². The van der Waals surface area contributed by atoms with E-state index in [2.05, 4.69) is 13.8 Å². The van der Waals surface area contributed by atoms with Gasteiger partial charge in [-0.25, -0.2) is 0 Å². The fraction of sp³-hybridized carbons (Fsp3) is 0.833. The summed E-state index contributed by atoms with van der Waals surface area (Å²) >= 11 is 0. The smallest absolute Gasteiger partial charge is 0.136 e.